The number of aromatic amines is 1. The van der Waals surface area contributed by atoms with Crippen molar-refractivity contribution in [2.24, 2.45) is 0 Å². The van der Waals surface area contributed by atoms with Crippen molar-refractivity contribution < 1.29 is 0 Å². The molecule has 0 amide bonds. The number of nitrogens with one attached hydrogen (secondary N) is 1. The van der Waals surface area contributed by atoms with E-state index in [1.54, 1.807) is 12.5 Å². The number of aromatic nitrogens is 5. The quantitative estimate of drug-likeness (QED) is 0.512. The zero-order valence-corrected chi connectivity index (χ0v) is 14.6. The van der Waals surface area contributed by atoms with E-state index in [2.05, 4.69) is 71.3 Å². The van der Waals surface area contributed by atoms with Gasteiger partial charge in [0.25, 0.3) is 0 Å². The Morgan fingerprint density at radius 2 is 1.77 bits per heavy atom. The lowest BCUT2D eigenvalue weighted by atomic mass is 10.1. The van der Waals surface area contributed by atoms with Gasteiger partial charge in [-0.3, -0.25) is 4.57 Å². The highest BCUT2D eigenvalue weighted by Gasteiger charge is 2.11. The minimum Gasteiger partial charge on any atom is -0.361 e. The minimum absolute atomic E-state index is 0.646. The Bertz CT molecular complexity index is 1240. The summed E-state index contributed by atoms with van der Waals surface area (Å²) in [6.07, 6.45) is 5.52. The van der Waals surface area contributed by atoms with Crippen LogP contribution in [0.5, 0.6) is 0 Å². The largest absolute Gasteiger partial charge is 0.361 e. The highest BCUT2D eigenvalue weighted by atomic mass is 15.1. The van der Waals surface area contributed by atoms with Crippen LogP contribution in [0.4, 0.5) is 0 Å². The lowest BCUT2D eigenvalue weighted by Crippen LogP contribution is -1.96. The third kappa shape index (κ3) is 2.37. The Morgan fingerprint density at radius 1 is 0.923 bits per heavy atom. The Morgan fingerprint density at radius 3 is 2.62 bits per heavy atom. The van der Waals surface area contributed by atoms with E-state index in [0.29, 0.717) is 5.65 Å². The zero-order valence-electron chi connectivity index (χ0n) is 14.6. The molecule has 0 fully saturated rings. The normalized spacial score (nSPS) is 11.5. The molecule has 0 bridgehead atoms. The van der Waals surface area contributed by atoms with Crippen molar-refractivity contribution in [2.75, 3.05) is 0 Å². The van der Waals surface area contributed by atoms with Crippen LogP contribution in [0.2, 0.25) is 0 Å². The van der Waals surface area contributed by atoms with Crippen LogP contribution in [0.25, 0.3) is 39.1 Å². The van der Waals surface area contributed by atoms with Crippen molar-refractivity contribution in [1.82, 2.24) is 24.5 Å². The average molecular weight is 339 g/mol. The van der Waals surface area contributed by atoms with Gasteiger partial charge in [0, 0.05) is 28.4 Å². The van der Waals surface area contributed by atoms with Crippen LogP contribution in [0.1, 0.15) is 11.1 Å². The molecular weight excluding hydrogens is 322 g/mol. The van der Waals surface area contributed by atoms with Crippen LogP contribution in [-0.4, -0.2) is 24.5 Å². The van der Waals surface area contributed by atoms with Crippen molar-refractivity contribution in [3.63, 3.8) is 0 Å². The van der Waals surface area contributed by atoms with Gasteiger partial charge in [0.2, 0.25) is 0 Å². The molecule has 0 radical (unpaired) electrons. The lowest BCUT2D eigenvalue weighted by Gasteiger charge is -2.07. The average Bonchev–Trinajstić information content (AvgIpc) is 3.26. The molecule has 2 aromatic carbocycles. The van der Waals surface area contributed by atoms with Crippen LogP contribution in [0, 0.1) is 13.8 Å². The van der Waals surface area contributed by atoms with Gasteiger partial charge in [-0.15, -0.1) is 0 Å². The molecule has 5 nitrogen and oxygen atoms in total. The molecule has 0 unspecified atom stereocenters. The summed E-state index contributed by atoms with van der Waals surface area (Å²) in [5, 5.41) is 1.16. The van der Waals surface area contributed by atoms with E-state index in [0.717, 1.165) is 33.5 Å². The number of imidazole rings is 1. The molecule has 0 aliphatic carbocycles. The lowest BCUT2D eigenvalue weighted by molar-refractivity contribution is 1.07. The van der Waals surface area contributed by atoms with Gasteiger partial charge < -0.3 is 4.98 Å². The SMILES string of the molecule is Cc1cc(C)cc(-c2cnc3ncn(-c4ccc5[nH]ccc5c4)c3n2)c1. The van der Waals surface area contributed by atoms with E-state index in [1.807, 2.05) is 10.8 Å². The molecule has 1 N–H and O–H groups in total. The maximum Gasteiger partial charge on any atom is 0.197 e. The molecule has 0 aliphatic rings. The third-order valence-corrected chi connectivity index (χ3v) is 4.59. The monoisotopic (exact) mass is 339 g/mol. The third-order valence-electron chi connectivity index (χ3n) is 4.59. The highest BCUT2D eigenvalue weighted by Crippen LogP contribution is 2.24. The second-order valence-corrected chi connectivity index (χ2v) is 6.64. The van der Waals surface area contributed by atoms with Crippen molar-refractivity contribution in [1.29, 1.82) is 0 Å². The van der Waals surface area contributed by atoms with Crippen molar-refractivity contribution in [2.45, 2.75) is 13.8 Å². The first-order chi connectivity index (χ1) is 12.7. The van der Waals surface area contributed by atoms with Crippen molar-refractivity contribution in [3.05, 3.63) is 72.3 Å². The van der Waals surface area contributed by atoms with Crippen LogP contribution in [0.15, 0.2) is 61.2 Å². The summed E-state index contributed by atoms with van der Waals surface area (Å²) in [5.74, 6) is 0. The standard InChI is InChI=1S/C21H17N5/c1-13-7-14(2)9-16(8-13)19-11-23-20-21(25-19)26(12-24-20)17-3-4-18-15(10-17)5-6-22-18/h3-12,22H,1-2H3. The van der Waals surface area contributed by atoms with Gasteiger partial charge in [-0.1, -0.05) is 17.2 Å². The van der Waals surface area contributed by atoms with Crippen LogP contribution >= 0.6 is 0 Å². The molecule has 3 aromatic heterocycles. The smallest absolute Gasteiger partial charge is 0.197 e. The van der Waals surface area contributed by atoms with E-state index in [1.165, 1.54) is 11.1 Å². The fourth-order valence-electron chi connectivity index (χ4n) is 3.43. The first-order valence-corrected chi connectivity index (χ1v) is 8.54. The van der Waals surface area contributed by atoms with E-state index >= 15 is 0 Å². The summed E-state index contributed by atoms with van der Waals surface area (Å²) in [7, 11) is 0. The summed E-state index contributed by atoms with van der Waals surface area (Å²) in [6, 6.07) is 14.7. The molecule has 5 aromatic rings. The second-order valence-electron chi connectivity index (χ2n) is 6.64. The molecule has 26 heavy (non-hydrogen) atoms. The summed E-state index contributed by atoms with van der Waals surface area (Å²) in [5.41, 5.74) is 7.90. The molecule has 126 valence electrons. The number of aryl methyl sites for hydroxylation is 2. The van der Waals surface area contributed by atoms with Gasteiger partial charge in [0.1, 0.15) is 6.33 Å². The van der Waals surface area contributed by atoms with E-state index in [9.17, 15) is 0 Å². The van der Waals surface area contributed by atoms with E-state index < -0.39 is 0 Å². The van der Waals surface area contributed by atoms with Crippen LogP contribution in [-0.2, 0) is 0 Å². The van der Waals surface area contributed by atoms with Crippen molar-refractivity contribution >= 4 is 22.2 Å². The number of H-pyrrole nitrogens is 1. The zero-order chi connectivity index (χ0) is 17.7. The predicted octanol–water partition coefficient (Wildman–Crippen LogP) is 4.58. The summed E-state index contributed by atoms with van der Waals surface area (Å²) >= 11 is 0. The van der Waals surface area contributed by atoms with Gasteiger partial charge in [-0.05, 0) is 50.2 Å². The Balaban J connectivity index is 1.69. The Kier molecular flexibility index (Phi) is 3.15. The van der Waals surface area contributed by atoms with Gasteiger partial charge in [0.15, 0.2) is 11.3 Å². The van der Waals surface area contributed by atoms with Gasteiger partial charge in [-0.25, -0.2) is 15.0 Å². The number of rotatable bonds is 2. The topological polar surface area (TPSA) is 59.4 Å². The van der Waals surface area contributed by atoms with Gasteiger partial charge in [-0.2, -0.15) is 0 Å². The molecule has 0 aliphatic heterocycles. The van der Waals surface area contributed by atoms with Crippen molar-refractivity contribution in [3.8, 4) is 16.9 Å². The molecule has 0 saturated heterocycles. The summed E-state index contributed by atoms with van der Waals surface area (Å²) in [6.45, 7) is 4.19. The molecule has 5 rings (SSSR count). The number of fused-ring (bicyclic) bond motifs is 2. The molecule has 5 heteroatoms. The maximum atomic E-state index is 4.86. The number of benzene rings is 2. The molecule has 0 atom stereocenters. The highest BCUT2D eigenvalue weighted by molar-refractivity contribution is 5.82. The van der Waals surface area contributed by atoms with E-state index in [-0.39, 0.29) is 0 Å². The first kappa shape index (κ1) is 14.8. The minimum atomic E-state index is 0.646. The molecule has 0 spiro atoms. The van der Waals surface area contributed by atoms with Crippen LogP contribution in [0.3, 0.4) is 0 Å². The van der Waals surface area contributed by atoms with Crippen LogP contribution < -0.4 is 0 Å². The summed E-state index contributed by atoms with van der Waals surface area (Å²) in [4.78, 5) is 17.0. The molecule has 3 heterocycles. The fourth-order valence-corrected chi connectivity index (χ4v) is 3.43. The number of nitrogens with zero attached hydrogens (tertiary/aromatic N) is 4. The second kappa shape index (κ2) is 5.52. The predicted molar refractivity (Wildman–Crippen MR) is 103 cm³/mol. The number of hydrogen-bond donors (Lipinski definition) is 1. The molecule has 0 saturated carbocycles. The molecular formula is C21H17N5. The Hall–Kier alpha value is -3.47. The first-order valence-electron chi connectivity index (χ1n) is 8.54. The Labute approximate surface area is 150 Å². The van der Waals surface area contributed by atoms with Gasteiger partial charge >= 0.3 is 0 Å². The van der Waals surface area contributed by atoms with Gasteiger partial charge in [0.05, 0.1) is 11.9 Å². The fraction of sp³-hybridized carbons (Fsp3) is 0.0952. The summed E-state index contributed by atoms with van der Waals surface area (Å²) < 4.78 is 1.99. The number of hydrogen-bond acceptors (Lipinski definition) is 3. The maximum absolute atomic E-state index is 4.86. The van der Waals surface area contributed by atoms with E-state index in [4.69, 9.17) is 4.98 Å².